The highest BCUT2D eigenvalue weighted by molar-refractivity contribution is 5.80. The highest BCUT2D eigenvalue weighted by Crippen LogP contribution is 2.38. The van der Waals surface area contributed by atoms with Crippen molar-refractivity contribution in [3.05, 3.63) is 41.8 Å². The molecule has 0 amide bonds. The second kappa shape index (κ2) is 4.42. The van der Waals surface area contributed by atoms with Gasteiger partial charge < -0.3 is 14.8 Å². The van der Waals surface area contributed by atoms with Crippen LogP contribution >= 0.6 is 0 Å². The molecule has 0 atom stereocenters. The summed E-state index contributed by atoms with van der Waals surface area (Å²) in [6.07, 6.45) is 6.13. The van der Waals surface area contributed by atoms with Crippen molar-refractivity contribution in [3.63, 3.8) is 0 Å². The van der Waals surface area contributed by atoms with Gasteiger partial charge in [-0.3, -0.25) is 0 Å². The molecule has 3 aromatic heterocycles. The van der Waals surface area contributed by atoms with Gasteiger partial charge in [0.2, 0.25) is 5.89 Å². The third kappa shape index (κ3) is 1.89. The normalized spacial score (nSPS) is 15.1. The Bertz CT molecular complexity index is 756. The van der Waals surface area contributed by atoms with Gasteiger partial charge in [0.25, 0.3) is 0 Å². The van der Waals surface area contributed by atoms with Crippen LogP contribution in [0.2, 0.25) is 0 Å². The molecule has 0 bridgehead atoms. The smallest absolute Gasteiger partial charge is 0.246 e. The molecule has 1 aliphatic carbocycles. The highest BCUT2D eigenvalue weighted by Gasteiger charge is 2.28. The van der Waals surface area contributed by atoms with Crippen LogP contribution in [0, 0.1) is 0 Å². The Morgan fingerprint density at radius 3 is 3.10 bits per heavy atom. The zero-order chi connectivity index (χ0) is 13.5. The average Bonchev–Trinajstić information content (AvgIpc) is 3.13. The summed E-state index contributed by atoms with van der Waals surface area (Å²) in [7, 11) is 0. The van der Waals surface area contributed by atoms with Crippen molar-refractivity contribution >= 4 is 11.0 Å². The molecule has 2 N–H and O–H groups in total. The van der Waals surface area contributed by atoms with Crippen molar-refractivity contribution in [1.82, 2.24) is 19.7 Å². The van der Waals surface area contributed by atoms with E-state index < -0.39 is 0 Å². The largest absolute Gasteiger partial charge is 0.337 e. The molecule has 20 heavy (non-hydrogen) atoms. The first-order valence-corrected chi connectivity index (χ1v) is 6.80. The monoisotopic (exact) mass is 269 g/mol. The van der Waals surface area contributed by atoms with Gasteiger partial charge in [-0.2, -0.15) is 4.98 Å². The number of hydrogen-bond acceptors (Lipinski definition) is 5. The summed E-state index contributed by atoms with van der Waals surface area (Å²) >= 11 is 0. The molecule has 3 heterocycles. The first-order valence-electron chi connectivity index (χ1n) is 6.80. The average molecular weight is 269 g/mol. The van der Waals surface area contributed by atoms with E-state index in [0.29, 0.717) is 24.9 Å². The van der Waals surface area contributed by atoms with Crippen LogP contribution in [0.1, 0.15) is 36.0 Å². The van der Waals surface area contributed by atoms with E-state index in [0.717, 1.165) is 22.4 Å². The Balaban J connectivity index is 1.70. The number of nitrogens with zero attached hydrogens (tertiary/aromatic N) is 4. The Morgan fingerprint density at radius 2 is 2.30 bits per heavy atom. The molecular formula is C14H15N5O. The fourth-order valence-corrected chi connectivity index (χ4v) is 2.46. The number of nitrogens with two attached hydrogens (primary N) is 1. The molecule has 3 aromatic rings. The van der Waals surface area contributed by atoms with Gasteiger partial charge in [-0.15, -0.1) is 0 Å². The summed E-state index contributed by atoms with van der Waals surface area (Å²) in [5.74, 6) is 1.97. The minimum absolute atomic E-state index is 0.492. The van der Waals surface area contributed by atoms with E-state index in [-0.39, 0.29) is 0 Å². The van der Waals surface area contributed by atoms with Crippen molar-refractivity contribution in [2.75, 3.05) is 0 Å². The van der Waals surface area contributed by atoms with Gasteiger partial charge in [0.15, 0.2) is 5.82 Å². The lowest BCUT2D eigenvalue weighted by atomic mass is 10.2. The van der Waals surface area contributed by atoms with Crippen LogP contribution in [0.3, 0.4) is 0 Å². The Morgan fingerprint density at radius 1 is 1.40 bits per heavy atom. The number of fused-ring (bicyclic) bond motifs is 1. The number of hydrogen-bond donors (Lipinski definition) is 1. The molecule has 0 saturated heterocycles. The van der Waals surface area contributed by atoms with Gasteiger partial charge in [0.05, 0.1) is 0 Å². The standard InChI is InChI=1S/C14H15N5O/c15-6-10-7-19(14-11(10)2-1-5-16-14)8-12-17-13(18-20-12)9-3-4-9/h1-2,5,7,9H,3-4,6,8,15H2. The van der Waals surface area contributed by atoms with Gasteiger partial charge in [-0.25, -0.2) is 4.98 Å². The maximum Gasteiger partial charge on any atom is 0.246 e. The molecule has 4 rings (SSSR count). The molecule has 0 aromatic carbocycles. The highest BCUT2D eigenvalue weighted by atomic mass is 16.5. The molecule has 1 fully saturated rings. The van der Waals surface area contributed by atoms with Crippen LogP contribution in [0.5, 0.6) is 0 Å². The summed E-state index contributed by atoms with van der Waals surface area (Å²) in [6, 6.07) is 3.95. The van der Waals surface area contributed by atoms with Crippen LogP contribution in [-0.2, 0) is 13.1 Å². The zero-order valence-electron chi connectivity index (χ0n) is 11.0. The molecule has 102 valence electrons. The summed E-state index contributed by atoms with van der Waals surface area (Å²) in [6.45, 7) is 1.03. The van der Waals surface area contributed by atoms with E-state index in [4.69, 9.17) is 10.3 Å². The van der Waals surface area contributed by atoms with Crippen LogP contribution in [0.4, 0.5) is 0 Å². The van der Waals surface area contributed by atoms with Crippen LogP contribution < -0.4 is 5.73 Å². The lowest BCUT2D eigenvalue weighted by Crippen LogP contribution is -2.00. The SMILES string of the molecule is NCc1cn(Cc2nc(C3CC3)no2)c2ncccc12. The van der Waals surface area contributed by atoms with Crippen LogP contribution in [-0.4, -0.2) is 19.7 Å². The number of aromatic nitrogens is 4. The predicted octanol–water partition coefficient (Wildman–Crippen LogP) is 1.80. The van der Waals surface area contributed by atoms with E-state index in [1.165, 1.54) is 12.8 Å². The maximum atomic E-state index is 5.78. The molecule has 0 aliphatic heterocycles. The molecule has 0 radical (unpaired) electrons. The van der Waals surface area contributed by atoms with E-state index in [1.54, 1.807) is 6.20 Å². The van der Waals surface area contributed by atoms with E-state index >= 15 is 0 Å². The predicted molar refractivity (Wildman–Crippen MR) is 73.0 cm³/mol. The summed E-state index contributed by atoms with van der Waals surface area (Å²) < 4.78 is 7.34. The number of pyridine rings is 1. The van der Waals surface area contributed by atoms with Crippen LogP contribution in [0.15, 0.2) is 29.0 Å². The van der Waals surface area contributed by atoms with E-state index in [1.807, 2.05) is 22.9 Å². The topological polar surface area (TPSA) is 82.8 Å². The summed E-state index contributed by atoms with van der Waals surface area (Å²) in [5.41, 5.74) is 7.76. The summed E-state index contributed by atoms with van der Waals surface area (Å²) in [5, 5.41) is 5.12. The van der Waals surface area contributed by atoms with Crippen LogP contribution in [0.25, 0.3) is 11.0 Å². The first-order chi connectivity index (χ1) is 9.85. The number of rotatable bonds is 4. The second-order valence-corrected chi connectivity index (χ2v) is 5.18. The third-order valence-electron chi connectivity index (χ3n) is 3.67. The first kappa shape index (κ1) is 11.6. The second-order valence-electron chi connectivity index (χ2n) is 5.18. The molecule has 1 saturated carbocycles. The van der Waals surface area contributed by atoms with Crippen molar-refractivity contribution < 1.29 is 4.52 Å². The lowest BCUT2D eigenvalue weighted by Gasteiger charge is -1.99. The van der Waals surface area contributed by atoms with Gasteiger partial charge in [0, 0.05) is 30.2 Å². The molecule has 6 heteroatoms. The molecule has 6 nitrogen and oxygen atoms in total. The maximum absolute atomic E-state index is 5.78. The molecule has 0 spiro atoms. The quantitative estimate of drug-likeness (QED) is 0.781. The van der Waals surface area contributed by atoms with Gasteiger partial charge >= 0.3 is 0 Å². The fourth-order valence-electron chi connectivity index (χ4n) is 2.46. The zero-order valence-corrected chi connectivity index (χ0v) is 11.0. The van der Waals surface area contributed by atoms with Gasteiger partial charge in [0.1, 0.15) is 12.2 Å². The Hall–Kier alpha value is -2.21. The van der Waals surface area contributed by atoms with E-state index in [9.17, 15) is 0 Å². The Labute approximate surface area is 115 Å². The fraction of sp³-hybridized carbons (Fsp3) is 0.357. The van der Waals surface area contributed by atoms with Crippen molar-refractivity contribution in [1.29, 1.82) is 0 Å². The summed E-state index contributed by atoms with van der Waals surface area (Å²) in [4.78, 5) is 8.87. The van der Waals surface area contributed by atoms with E-state index in [2.05, 4.69) is 15.1 Å². The lowest BCUT2D eigenvalue weighted by molar-refractivity contribution is 0.367. The van der Waals surface area contributed by atoms with Crippen molar-refractivity contribution in [2.45, 2.75) is 31.8 Å². The molecular weight excluding hydrogens is 254 g/mol. The van der Waals surface area contributed by atoms with Crippen molar-refractivity contribution in [2.24, 2.45) is 5.73 Å². The third-order valence-corrected chi connectivity index (χ3v) is 3.67. The minimum Gasteiger partial charge on any atom is -0.337 e. The Kier molecular flexibility index (Phi) is 2.56. The molecule has 1 aliphatic rings. The van der Waals surface area contributed by atoms with Crippen molar-refractivity contribution in [3.8, 4) is 0 Å². The van der Waals surface area contributed by atoms with Gasteiger partial charge in [-0.1, -0.05) is 5.16 Å². The molecule has 0 unspecified atom stereocenters. The van der Waals surface area contributed by atoms with Gasteiger partial charge in [-0.05, 0) is 30.5 Å². The minimum atomic E-state index is 0.492.